The average molecular weight is 490 g/mol. The van der Waals surface area contributed by atoms with Gasteiger partial charge in [-0.1, -0.05) is 23.7 Å². The van der Waals surface area contributed by atoms with Crippen molar-refractivity contribution in [2.75, 3.05) is 43.3 Å². The van der Waals surface area contributed by atoms with E-state index in [0.717, 1.165) is 35.7 Å². The number of hydrogen-bond acceptors (Lipinski definition) is 5. The lowest BCUT2D eigenvalue weighted by Crippen LogP contribution is -2.47. The van der Waals surface area contributed by atoms with E-state index in [-0.39, 0.29) is 11.7 Å². The fraction of sp³-hybridized carbons (Fsp3) is 0.391. The van der Waals surface area contributed by atoms with Gasteiger partial charge in [-0.25, -0.2) is 13.4 Å². The summed E-state index contributed by atoms with van der Waals surface area (Å²) in [4.78, 5) is 20.7. The number of benzene rings is 1. The van der Waals surface area contributed by atoms with Crippen LogP contribution in [0.5, 0.6) is 0 Å². The number of imidazole rings is 1. The summed E-state index contributed by atoms with van der Waals surface area (Å²) in [6.07, 6.45) is 1.83. The molecule has 1 fully saturated rings. The summed E-state index contributed by atoms with van der Waals surface area (Å²) in [5.41, 5.74) is 4.05. The zero-order chi connectivity index (χ0) is 23.8. The summed E-state index contributed by atoms with van der Waals surface area (Å²) < 4.78 is 28.1. The number of nitrogens with zero attached hydrogens (tertiary/aromatic N) is 5. The maximum atomic E-state index is 12.4. The third-order valence-corrected chi connectivity index (χ3v) is 8.18. The highest BCUT2D eigenvalue weighted by molar-refractivity contribution is 7.92. The molecule has 8 nitrogen and oxygen atoms in total. The van der Waals surface area contributed by atoms with Gasteiger partial charge < -0.3 is 4.90 Å². The van der Waals surface area contributed by atoms with Crippen LogP contribution in [0.1, 0.15) is 19.5 Å². The molecule has 0 atom stereocenters. The van der Waals surface area contributed by atoms with Crippen LogP contribution in [0.4, 0.5) is 5.69 Å². The molecule has 176 valence electrons. The van der Waals surface area contributed by atoms with Gasteiger partial charge >= 0.3 is 0 Å². The van der Waals surface area contributed by atoms with Gasteiger partial charge in [0.25, 0.3) is 0 Å². The normalized spacial score (nSPS) is 15.2. The molecule has 0 spiro atoms. The molecule has 0 N–H and O–H groups in total. The van der Waals surface area contributed by atoms with Crippen molar-refractivity contribution in [2.45, 2.75) is 20.4 Å². The van der Waals surface area contributed by atoms with Crippen LogP contribution in [0, 0.1) is 0 Å². The van der Waals surface area contributed by atoms with E-state index in [2.05, 4.69) is 4.90 Å². The molecule has 0 aliphatic carbocycles. The number of halogens is 1. The van der Waals surface area contributed by atoms with Gasteiger partial charge in [-0.3, -0.25) is 18.4 Å². The molecule has 2 aromatic heterocycles. The number of rotatable bonds is 6. The Labute approximate surface area is 199 Å². The quantitative estimate of drug-likeness (QED) is 0.531. The van der Waals surface area contributed by atoms with Crippen molar-refractivity contribution in [3.63, 3.8) is 0 Å². The van der Waals surface area contributed by atoms with E-state index in [0.29, 0.717) is 30.3 Å². The zero-order valence-electron chi connectivity index (χ0n) is 19.0. The van der Waals surface area contributed by atoms with E-state index in [1.54, 1.807) is 27.0 Å². The molecule has 1 saturated heterocycles. The molecule has 33 heavy (non-hydrogen) atoms. The fourth-order valence-electron chi connectivity index (χ4n) is 4.05. The molecule has 1 aliphatic rings. The van der Waals surface area contributed by atoms with Crippen molar-refractivity contribution in [3.05, 3.63) is 53.3 Å². The first kappa shape index (κ1) is 23.5. The van der Waals surface area contributed by atoms with E-state index in [1.165, 1.54) is 4.31 Å². The van der Waals surface area contributed by atoms with E-state index >= 15 is 0 Å². The average Bonchev–Trinajstić information content (AvgIpc) is 3.16. The molecule has 0 bridgehead atoms. The van der Waals surface area contributed by atoms with Crippen LogP contribution in [-0.2, 0) is 21.4 Å². The van der Waals surface area contributed by atoms with Gasteiger partial charge in [-0.15, -0.1) is 0 Å². The highest BCUT2D eigenvalue weighted by Gasteiger charge is 2.23. The number of carbonyl (C=O) groups is 1. The summed E-state index contributed by atoms with van der Waals surface area (Å²) in [7, 11) is -1.82. The predicted octanol–water partition coefficient (Wildman–Crippen LogP) is 3.10. The van der Waals surface area contributed by atoms with Gasteiger partial charge in [-0.2, -0.15) is 0 Å². The van der Waals surface area contributed by atoms with Gasteiger partial charge in [0.05, 0.1) is 22.8 Å². The zero-order valence-corrected chi connectivity index (χ0v) is 20.6. The Balaban J connectivity index is 1.76. The van der Waals surface area contributed by atoms with Gasteiger partial charge in [-0.05, 0) is 31.2 Å². The molecule has 0 radical (unpaired) electrons. The largest absolute Gasteiger partial charge is 0.340 e. The number of carbonyl (C=O) groups excluding carboxylic acids is 1. The molecule has 0 saturated carbocycles. The molecule has 1 aromatic carbocycles. The van der Waals surface area contributed by atoms with Crippen molar-refractivity contribution in [1.82, 2.24) is 19.2 Å². The van der Waals surface area contributed by atoms with Crippen LogP contribution in [-0.4, -0.2) is 72.5 Å². The lowest BCUT2D eigenvalue weighted by atomic mass is 10.1. The number of amides is 1. The van der Waals surface area contributed by atoms with Crippen molar-refractivity contribution in [1.29, 1.82) is 0 Å². The molecule has 1 aliphatic heterocycles. The summed E-state index contributed by atoms with van der Waals surface area (Å²) in [6.45, 7) is 6.75. The Hall–Kier alpha value is -2.62. The van der Waals surface area contributed by atoms with Gasteiger partial charge in [0.15, 0.2) is 0 Å². The Morgan fingerprint density at radius 2 is 1.76 bits per heavy atom. The molecule has 1 amide bonds. The maximum absolute atomic E-state index is 12.4. The van der Waals surface area contributed by atoms with Gasteiger partial charge in [0.1, 0.15) is 5.65 Å². The molecule has 0 unspecified atom stereocenters. The summed E-state index contributed by atoms with van der Waals surface area (Å²) in [5.74, 6) is 0.116. The summed E-state index contributed by atoms with van der Waals surface area (Å²) >= 11 is 6.10. The molecule has 4 rings (SSSR count). The molecule has 3 heterocycles. The van der Waals surface area contributed by atoms with Crippen molar-refractivity contribution >= 4 is 38.9 Å². The Morgan fingerprint density at radius 1 is 1.09 bits per heavy atom. The van der Waals surface area contributed by atoms with E-state index in [1.807, 2.05) is 45.8 Å². The third-order valence-electron chi connectivity index (χ3n) is 6.16. The number of anilines is 1. The Kier molecular flexibility index (Phi) is 6.65. The van der Waals surface area contributed by atoms with Crippen LogP contribution >= 0.6 is 11.6 Å². The second-order valence-electron chi connectivity index (χ2n) is 8.18. The molecule has 10 heteroatoms. The van der Waals surface area contributed by atoms with E-state index in [4.69, 9.17) is 16.6 Å². The van der Waals surface area contributed by atoms with E-state index in [9.17, 15) is 13.2 Å². The van der Waals surface area contributed by atoms with Crippen molar-refractivity contribution < 1.29 is 13.2 Å². The minimum Gasteiger partial charge on any atom is -0.340 e. The Morgan fingerprint density at radius 3 is 2.36 bits per heavy atom. The lowest BCUT2D eigenvalue weighted by Gasteiger charge is -2.34. The SMILES string of the molecule is CCS(=O)(=O)N(C)c1ccc2nc(-c3ccc(Cl)cc3)c(CN3CCN(C(C)=O)CC3)n2c1. The molecular formula is C23H28ClN5O3S. The Bertz CT molecular complexity index is 1270. The fourth-order valence-corrected chi connectivity index (χ4v) is 4.99. The third kappa shape index (κ3) is 4.85. The minimum atomic E-state index is -3.39. The first-order valence-corrected chi connectivity index (χ1v) is 12.9. The minimum absolute atomic E-state index is 0.0226. The summed E-state index contributed by atoms with van der Waals surface area (Å²) in [5, 5.41) is 0.651. The lowest BCUT2D eigenvalue weighted by molar-refractivity contribution is -0.130. The first-order valence-electron chi connectivity index (χ1n) is 10.9. The van der Waals surface area contributed by atoms with Crippen LogP contribution in [0.2, 0.25) is 5.02 Å². The van der Waals surface area contributed by atoms with Gasteiger partial charge in [0.2, 0.25) is 15.9 Å². The van der Waals surface area contributed by atoms with Crippen LogP contribution in [0.15, 0.2) is 42.6 Å². The predicted molar refractivity (Wildman–Crippen MR) is 131 cm³/mol. The molecule has 3 aromatic rings. The highest BCUT2D eigenvalue weighted by Crippen LogP contribution is 2.29. The van der Waals surface area contributed by atoms with Crippen LogP contribution in [0.3, 0.4) is 0 Å². The van der Waals surface area contributed by atoms with Crippen LogP contribution in [0.25, 0.3) is 16.9 Å². The number of hydrogen-bond donors (Lipinski definition) is 0. The second kappa shape index (κ2) is 9.32. The number of sulfonamides is 1. The topological polar surface area (TPSA) is 78.2 Å². The number of fused-ring (bicyclic) bond motifs is 1. The van der Waals surface area contributed by atoms with Crippen molar-refractivity contribution in [3.8, 4) is 11.3 Å². The molecular weight excluding hydrogens is 462 g/mol. The summed E-state index contributed by atoms with van der Waals surface area (Å²) in [6, 6.07) is 11.2. The standard InChI is InChI=1S/C23H28ClN5O3S/c1-4-33(31,32)26(3)20-9-10-22-25-23(18-5-7-19(24)8-6-18)21(29(22)15-20)16-27-11-13-28(14-12-27)17(2)30/h5-10,15H,4,11-14,16H2,1-3H3. The van der Waals surface area contributed by atoms with Crippen molar-refractivity contribution in [2.24, 2.45) is 0 Å². The maximum Gasteiger partial charge on any atom is 0.234 e. The van der Waals surface area contributed by atoms with Crippen LogP contribution < -0.4 is 4.31 Å². The highest BCUT2D eigenvalue weighted by atomic mass is 35.5. The monoisotopic (exact) mass is 489 g/mol. The van der Waals surface area contributed by atoms with Gasteiger partial charge in [0, 0.05) is 63.5 Å². The smallest absolute Gasteiger partial charge is 0.234 e. The number of piperazine rings is 1. The second-order valence-corrected chi connectivity index (χ2v) is 10.9. The van der Waals surface area contributed by atoms with E-state index < -0.39 is 10.0 Å². The number of pyridine rings is 1. The first-order chi connectivity index (χ1) is 15.7. The number of aromatic nitrogens is 2.